The summed E-state index contributed by atoms with van der Waals surface area (Å²) < 4.78 is 30.7. The Bertz CT molecular complexity index is 1490. The number of aryl methyl sites for hydroxylation is 1. The maximum Gasteiger partial charge on any atom is 0.192 e. The molecule has 5 rings (SSSR count). The summed E-state index contributed by atoms with van der Waals surface area (Å²) in [5.41, 5.74) is 4.31. The lowest BCUT2D eigenvalue weighted by molar-refractivity contribution is 0.0936. The molecule has 0 atom stereocenters. The highest BCUT2D eigenvalue weighted by Gasteiger charge is 2.45. The molecular weight excluding hydrogens is 428 g/mol. The fourth-order valence-corrected chi connectivity index (χ4v) is 6.85. The van der Waals surface area contributed by atoms with Gasteiger partial charge in [-0.15, -0.1) is 0 Å². The summed E-state index contributed by atoms with van der Waals surface area (Å²) in [6.07, 6.45) is 1.74. The summed E-state index contributed by atoms with van der Waals surface area (Å²) in [7, 11) is -3.01. The van der Waals surface area contributed by atoms with Gasteiger partial charge >= 0.3 is 0 Å². The van der Waals surface area contributed by atoms with Gasteiger partial charge in [-0.1, -0.05) is 19.1 Å². The molecule has 8 nitrogen and oxygen atoms in total. The molecule has 1 aliphatic heterocycles. The Hall–Kier alpha value is -3.07. The fraction of sp³-hybridized carbons (Fsp3) is 0.391. The monoisotopic (exact) mass is 452 g/mol. The van der Waals surface area contributed by atoms with E-state index in [1.165, 1.54) is 0 Å². The number of sulfone groups is 1. The molecule has 0 unspecified atom stereocenters. The van der Waals surface area contributed by atoms with Gasteiger partial charge in [0.25, 0.3) is 0 Å². The summed E-state index contributed by atoms with van der Waals surface area (Å²) in [5.74, 6) is 0.573. The number of carbonyl (C=O) groups is 1. The van der Waals surface area contributed by atoms with E-state index >= 15 is 0 Å². The Morgan fingerprint density at radius 1 is 1.25 bits per heavy atom. The van der Waals surface area contributed by atoms with E-state index in [0.29, 0.717) is 28.2 Å². The minimum Gasteiger partial charge on any atom is -0.441 e. The van der Waals surface area contributed by atoms with Crippen LogP contribution in [-0.4, -0.2) is 45.5 Å². The van der Waals surface area contributed by atoms with Gasteiger partial charge in [-0.3, -0.25) is 14.5 Å². The number of oxazole rings is 1. The number of benzene rings is 1. The molecule has 4 heterocycles. The van der Waals surface area contributed by atoms with Gasteiger partial charge in [-0.2, -0.15) is 5.10 Å². The van der Waals surface area contributed by atoms with Gasteiger partial charge in [-0.05, 0) is 26.0 Å². The summed E-state index contributed by atoms with van der Waals surface area (Å²) in [6, 6.07) is 7.56. The Morgan fingerprint density at radius 3 is 2.69 bits per heavy atom. The van der Waals surface area contributed by atoms with Crippen LogP contribution in [0.3, 0.4) is 0 Å². The highest BCUT2D eigenvalue weighted by molar-refractivity contribution is 7.92. The van der Waals surface area contributed by atoms with Crippen LogP contribution in [0.15, 0.2) is 34.9 Å². The number of nitrogens with zero attached hydrogens (tertiary/aromatic N) is 4. The van der Waals surface area contributed by atoms with Crippen molar-refractivity contribution in [2.24, 2.45) is 5.41 Å². The van der Waals surface area contributed by atoms with Crippen molar-refractivity contribution < 1.29 is 17.6 Å². The molecule has 1 fully saturated rings. The quantitative estimate of drug-likeness (QED) is 0.419. The number of carbonyl (C=O) groups excluding carboxylic acids is 1. The summed E-state index contributed by atoms with van der Waals surface area (Å²) >= 11 is 0. The lowest BCUT2D eigenvalue weighted by Gasteiger charge is -2.37. The fourth-order valence-electron chi connectivity index (χ4n) is 4.61. The second kappa shape index (κ2) is 6.96. The molecule has 0 aliphatic carbocycles. The van der Waals surface area contributed by atoms with Crippen molar-refractivity contribution in [2.45, 2.75) is 40.2 Å². The van der Waals surface area contributed by atoms with Gasteiger partial charge < -0.3 is 4.42 Å². The van der Waals surface area contributed by atoms with Crippen molar-refractivity contribution in [1.82, 2.24) is 19.7 Å². The molecule has 3 aromatic heterocycles. The molecule has 1 aliphatic rings. The van der Waals surface area contributed by atoms with Crippen molar-refractivity contribution in [3.8, 4) is 11.3 Å². The molecule has 4 aromatic rings. The van der Waals surface area contributed by atoms with Crippen LogP contribution < -0.4 is 0 Å². The van der Waals surface area contributed by atoms with Crippen LogP contribution in [0.4, 0.5) is 0 Å². The van der Waals surface area contributed by atoms with Crippen molar-refractivity contribution in [2.75, 3.05) is 11.5 Å². The van der Waals surface area contributed by atoms with Crippen LogP contribution in [0.5, 0.6) is 0 Å². The molecule has 0 N–H and O–H groups in total. The molecule has 0 amide bonds. The second-order valence-corrected chi connectivity index (χ2v) is 11.4. The van der Waals surface area contributed by atoms with E-state index in [1.54, 1.807) is 13.1 Å². The molecule has 9 heteroatoms. The Morgan fingerprint density at radius 2 is 2.00 bits per heavy atom. The molecular formula is C23H24N4O4S. The first-order valence-corrected chi connectivity index (χ1v) is 12.4. The normalized spacial score (nSPS) is 17.2. The smallest absolute Gasteiger partial charge is 0.192 e. The van der Waals surface area contributed by atoms with E-state index in [-0.39, 0.29) is 29.8 Å². The van der Waals surface area contributed by atoms with Crippen molar-refractivity contribution in [1.29, 1.82) is 0 Å². The van der Waals surface area contributed by atoms with E-state index in [1.807, 2.05) is 49.7 Å². The first-order valence-electron chi connectivity index (χ1n) is 10.5. The number of rotatable bonds is 5. The number of aromatic nitrogens is 4. The number of hydrogen-bond acceptors (Lipinski definition) is 7. The zero-order valence-corrected chi connectivity index (χ0v) is 19.2. The first kappa shape index (κ1) is 20.8. The van der Waals surface area contributed by atoms with Crippen LogP contribution in [0.25, 0.3) is 33.4 Å². The average Bonchev–Trinajstić information content (AvgIpc) is 3.25. The molecule has 0 spiro atoms. The van der Waals surface area contributed by atoms with Crippen LogP contribution in [0.2, 0.25) is 0 Å². The summed E-state index contributed by atoms with van der Waals surface area (Å²) in [4.78, 5) is 22.1. The highest BCUT2D eigenvalue weighted by Crippen LogP contribution is 2.38. The van der Waals surface area contributed by atoms with Gasteiger partial charge in [0.15, 0.2) is 27.1 Å². The van der Waals surface area contributed by atoms with Crippen molar-refractivity contribution in [3.63, 3.8) is 0 Å². The number of para-hydroxylation sites is 1. The molecule has 1 saturated heterocycles. The van der Waals surface area contributed by atoms with Gasteiger partial charge in [0.1, 0.15) is 16.7 Å². The zero-order valence-electron chi connectivity index (χ0n) is 18.4. The Balaban J connectivity index is 1.59. The lowest BCUT2D eigenvalue weighted by Crippen LogP contribution is -2.47. The van der Waals surface area contributed by atoms with Crippen LogP contribution in [0, 0.1) is 12.3 Å². The molecule has 0 radical (unpaired) electrons. The first-order chi connectivity index (χ1) is 15.1. The minimum absolute atomic E-state index is 0.0472. The third-order valence-electron chi connectivity index (χ3n) is 5.86. The molecule has 0 bridgehead atoms. The Kier molecular flexibility index (Phi) is 4.53. The van der Waals surface area contributed by atoms with E-state index in [0.717, 1.165) is 16.6 Å². The number of hydrogen-bond donors (Lipinski definition) is 0. The molecule has 0 saturated carbocycles. The van der Waals surface area contributed by atoms with Crippen LogP contribution >= 0.6 is 0 Å². The number of pyridine rings is 1. The maximum atomic E-state index is 13.0. The van der Waals surface area contributed by atoms with Gasteiger partial charge in [0, 0.05) is 42.1 Å². The van der Waals surface area contributed by atoms with Crippen LogP contribution in [0.1, 0.15) is 49.5 Å². The molecule has 166 valence electrons. The average molecular weight is 453 g/mol. The third kappa shape index (κ3) is 3.40. The van der Waals surface area contributed by atoms with E-state index < -0.39 is 15.3 Å². The zero-order chi connectivity index (χ0) is 22.8. The van der Waals surface area contributed by atoms with Gasteiger partial charge in [-0.25, -0.2) is 13.4 Å². The largest absolute Gasteiger partial charge is 0.441 e. The minimum atomic E-state index is -3.01. The predicted octanol–water partition coefficient (Wildman–Crippen LogP) is 4.14. The van der Waals surface area contributed by atoms with Crippen molar-refractivity contribution >= 4 is 37.8 Å². The number of ketones is 1. The van der Waals surface area contributed by atoms with E-state index in [4.69, 9.17) is 9.52 Å². The molecule has 1 aromatic carbocycles. The van der Waals surface area contributed by atoms with E-state index in [2.05, 4.69) is 9.97 Å². The summed E-state index contributed by atoms with van der Waals surface area (Å²) in [5, 5.41) is 4.82. The lowest BCUT2D eigenvalue weighted by atomic mass is 9.86. The van der Waals surface area contributed by atoms with E-state index in [9.17, 15) is 13.2 Å². The SMILES string of the molecule is Cc1nc2c(-c3nn(C(C)C)c4cc(C(=O)CC5(C)CS(=O)(=O)C5)cnc34)cccc2o1. The van der Waals surface area contributed by atoms with Crippen LogP contribution in [-0.2, 0) is 9.84 Å². The standard InChI is InChI=1S/C23H24N4O4S/c1-13(2)27-17-8-15(18(28)9-23(4)11-32(29,30)12-23)10-24-22(17)21(26-27)16-6-5-7-19-20(16)25-14(3)31-19/h5-8,10,13H,9,11-12H2,1-4H3. The predicted molar refractivity (Wildman–Crippen MR) is 121 cm³/mol. The molecule has 32 heavy (non-hydrogen) atoms. The highest BCUT2D eigenvalue weighted by atomic mass is 32.2. The number of Topliss-reactive ketones (excluding diaryl/α,β-unsaturated/α-hetero) is 1. The number of fused-ring (bicyclic) bond motifs is 2. The summed E-state index contributed by atoms with van der Waals surface area (Å²) in [6.45, 7) is 7.69. The maximum absolute atomic E-state index is 13.0. The topological polar surface area (TPSA) is 108 Å². The third-order valence-corrected chi connectivity index (χ3v) is 8.14. The van der Waals surface area contributed by atoms with Gasteiger partial charge in [0.05, 0.1) is 17.0 Å². The second-order valence-electron chi connectivity index (χ2n) is 9.31. The van der Waals surface area contributed by atoms with Crippen molar-refractivity contribution in [3.05, 3.63) is 41.9 Å². The Labute approximate surface area is 185 Å². The van der Waals surface area contributed by atoms with Gasteiger partial charge in [0.2, 0.25) is 0 Å².